The van der Waals surface area contributed by atoms with Gasteiger partial charge < -0.3 is 5.32 Å². The normalized spacial score (nSPS) is 33.9. The van der Waals surface area contributed by atoms with Gasteiger partial charge in [-0.25, -0.2) is 0 Å². The van der Waals surface area contributed by atoms with Crippen LogP contribution in [0.1, 0.15) is 25.3 Å². The first-order valence-corrected chi connectivity index (χ1v) is 6.95. The largest absolute Gasteiger partial charge is 0.316 e. The zero-order valence-electron chi connectivity index (χ0n) is 10.2. The molecular formula is C14H15Cl2NO. The molecule has 4 heteroatoms. The Labute approximate surface area is 117 Å². The number of benzene rings is 1. The molecule has 0 bridgehead atoms. The van der Waals surface area contributed by atoms with E-state index < -0.39 is 0 Å². The lowest BCUT2D eigenvalue weighted by molar-refractivity contribution is -0.123. The fourth-order valence-corrected chi connectivity index (χ4v) is 3.83. The molecule has 0 aromatic heterocycles. The molecule has 1 heterocycles. The zero-order chi connectivity index (χ0) is 13.0. The number of rotatable bonds is 2. The molecule has 0 radical (unpaired) electrons. The highest BCUT2D eigenvalue weighted by atomic mass is 35.5. The lowest BCUT2D eigenvalue weighted by Gasteiger charge is -2.30. The fraction of sp³-hybridized carbons (Fsp3) is 0.500. The Morgan fingerprint density at radius 3 is 2.78 bits per heavy atom. The summed E-state index contributed by atoms with van der Waals surface area (Å²) in [6.45, 7) is 3.43. The first kappa shape index (κ1) is 12.5. The summed E-state index contributed by atoms with van der Waals surface area (Å²) in [7, 11) is 0. The molecule has 0 spiro atoms. The van der Waals surface area contributed by atoms with Gasteiger partial charge in [-0.2, -0.15) is 0 Å². The molecule has 1 aliphatic carbocycles. The Morgan fingerprint density at radius 2 is 2.11 bits per heavy atom. The number of piperidine rings is 1. The average molecular weight is 284 g/mol. The van der Waals surface area contributed by atoms with Crippen molar-refractivity contribution in [2.75, 3.05) is 13.1 Å². The summed E-state index contributed by atoms with van der Waals surface area (Å²) in [6, 6.07) is 5.78. The molecule has 2 atom stereocenters. The van der Waals surface area contributed by atoms with Gasteiger partial charge in [-0.15, -0.1) is 0 Å². The molecule has 2 fully saturated rings. The summed E-state index contributed by atoms with van der Waals surface area (Å²) in [4.78, 5) is 12.0. The second kappa shape index (κ2) is 3.96. The maximum atomic E-state index is 12.0. The van der Waals surface area contributed by atoms with Crippen molar-refractivity contribution in [3.8, 4) is 0 Å². The molecule has 18 heavy (non-hydrogen) atoms. The van der Waals surface area contributed by atoms with E-state index in [-0.39, 0.29) is 16.6 Å². The van der Waals surface area contributed by atoms with Crippen LogP contribution in [-0.2, 0) is 10.2 Å². The zero-order valence-corrected chi connectivity index (χ0v) is 11.7. The van der Waals surface area contributed by atoms with Gasteiger partial charge in [0.15, 0.2) is 0 Å². The van der Waals surface area contributed by atoms with Crippen LogP contribution in [0, 0.1) is 5.41 Å². The lowest BCUT2D eigenvalue weighted by Crippen LogP contribution is -2.42. The number of carbonyl (C=O) groups is 1. The van der Waals surface area contributed by atoms with Crippen molar-refractivity contribution in [1.29, 1.82) is 0 Å². The molecule has 1 saturated carbocycles. The van der Waals surface area contributed by atoms with Crippen molar-refractivity contribution in [2.45, 2.75) is 25.2 Å². The summed E-state index contributed by atoms with van der Waals surface area (Å²) in [5.74, 6) is 0.278. The molecule has 2 unspecified atom stereocenters. The van der Waals surface area contributed by atoms with E-state index in [4.69, 9.17) is 23.2 Å². The molecule has 0 amide bonds. The minimum absolute atomic E-state index is 0.0156. The summed E-state index contributed by atoms with van der Waals surface area (Å²) < 4.78 is 0. The molecule has 1 aromatic rings. The van der Waals surface area contributed by atoms with E-state index in [0.29, 0.717) is 10.0 Å². The molecule has 2 nitrogen and oxygen atoms in total. The topological polar surface area (TPSA) is 29.1 Å². The molecule has 3 rings (SSSR count). The summed E-state index contributed by atoms with van der Waals surface area (Å²) in [5, 5.41) is 4.48. The van der Waals surface area contributed by atoms with Gasteiger partial charge in [-0.3, -0.25) is 4.79 Å². The van der Waals surface area contributed by atoms with Crippen molar-refractivity contribution >= 4 is 29.0 Å². The molecule has 1 N–H and O–H groups in total. The quantitative estimate of drug-likeness (QED) is 0.903. The van der Waals surface area contributed by atoms with Crippen LogP contribution in [0.2, 0.25) is 10.0 Å². The molecular weight excluding hydrogens is 269 g/mol. The first-order chi connectivity index (χ1) is 8.52. The van der Waals surface area contributed by atoms with E-state index >= 15 is 0 Å². The van der Waals surface area contributed by atoms with Crippen LogP contribution < -0.4 is 5.32 Å². The number of nitrogens with one attached hydrogen (secondary N) is 1. The van der Waals surface area contributed by atoms with Crippen molar-refractivity contribution in [3.63, 3.8) is 0 Å². The van der Waals surface area contributed by atoms with Crippen LogP contribution >= 0.6 is 23.2 Å². The molecule has 1 aromatic carbocycles. The van der Waals surface area contributed by atoms with Crippen LogP contribution in [0.5, 0.6) is 0 Å². The molecule has 1 aliphatic heterocycles. The van der Waals surface area contributed by atoms with Crippen LogP contribution in [0.4, 0.5) is 0 Å². The number of Topliss-reactive ketones (excluding diaryl/α,β-unsaturated/α-hetero) is 1. The predicted octanol–water partition coefficient (Wildman–Crippen LogP) is 3.20. The highest BCUT2D eigenvalue weighted by Crippen LogP contribution is 2.68. The lowest BCUT2D eigenvalue weighted by atomic mass is 9.79. The van der Waals surface area contributed by atoms with Gasteiger partial charge in [0, 0.05) is 12.0 Å². The van der Waals surface area contributed by atoms with E-state index in [1.807, 2.05) is 18.2 Å². The van der Waals surface area contributed by atoms with Gasteiger partial charge in [0.2, 0.25) is 0 Å². The number of hydrogen-bond acceptors (Lipinski definition) is 2. The number of carbonyl (C=O) groups excluding carboxylic acids is 1. The van der Waals surface area contributed by atoms with Crippen molar-refractivity contribution in [3.05, 3.63) is 33.8 Å². The third-order valence-corrected chi connectivity index (χ3v) is 5.44. The highest BCUT2D eigenvalue weighted by molar-refractivity contribution is 6.42. The minimum atomic E-state index is -0.220. The second-order valence-electron chi connectivity index (χ2n) is 5.45. The van der Waals surface area contributed by atoms with Crippen molar-refractivity contribution < 1.29 is 4.79 Å². The first-order valence-electron chi connectivity index (χ1n) is 6.19. The van der Waals surface area contributed by atoms with Crippen LogP contribution in [0.15, 0.2) is 18.2 Å². The Balaban J connectivity index is 2.05. The standard InChI is InChI=1S/C14H15Cl2NO/c1-9(18)14-7-13(14,4-5-17-8-14)10-2-3-11(15)12(16)6-10/h2-3,6,17H,4-5,7-8H2,1H3. The number of ketones is 1. The third kappa shape index (κ3) is 1.49. The van der Waals surface area contributed by atoms with Gasteiger partial charge in [0.25, 0.3) is 0 Å². The van der Waals surface area contributed by atoms with Gasteiger partial charge in [0.1, 0.15) is 5.78 Å². The summed E-state index contributed by atoms with van der Waals surface area (Å²) in [6.07, 6.45) is 1.92. The molecule has 2 aliphatic rings. The highest BCUT2D eigenvalue weighted by Gasteiger charge is 2.71. The Bertz CT molecular complexity index is 531. The molecule has 1 saturated heterocycles. The third-order valence-electron chi connectivity index (χ3n) is 4.70. The van der Waals surface area contributed by atoms with Crippen molar-refractivity contribution in [1.82, 2.24) is 5.32 Å². The maximum Gasteiger partial charge on any atom is 0.138 e. The van der Waals surface area contributed by atoms with E-state index in [1.54, 1.807) is 6.92 Å². The summed E-state index contributed by atoms with van der Waals surface area (Å²) >= 11 is 12.1. The number of halogens is 2. The van der Waals surface area contributed by atoms with E-state index in [1.165, 1.54) is 0 Å². The van der Waals surface area contributed by atoms with Gasteiger partial charge in [-0.1, -0.05) is 29.3 Å². The Morgan fingerprint density at radius 1 is 1.33 bits per heavy atom. The van der Waals surface area contributed by atoms with E-state index in [2.05, 4.69) is 5.32 Å². The van der Waals surface area contributed by atoms with Gasteiger partial charge in [0.05, 0.1) is 15.5 Å². The van der Waals surface area contributed by atoms with Crippen LogP contribution in [-0.4, -0.2) is 18.9 Å². The van der Waals surface area contributed by atoms with Gasteiger partial charge in [-0.05, 0) is 44.0 Å². The Kier molecular flexibility index (Phi) is 2.74. The van der Waals surface area contributed by atoms with Gasteiger partial charge >= 0.3 is 0 Å². The smallest absolute Gasteiger partial charge is 0.138 e. The maximum absolute atomic E-state index is 12.0. The van der Waals surface area contributed by atoms with E-state index in [9.17, 15) is 4.79 Å². The van der Waals surface area contributed by atoms with Crippen LogP contribution in [0.3, 0.4) is 0 Å². The van der Waals surface area contributed by atoms with E-state index in [0.717, 1.165) is 31.5 Å². The predicted molar refractivity (Wildman–Crippen MR) is 73.4 cm³/mol. The van der Waals surface area contributed by atoms with Crippen molar-refractivity contribution in [2.24, 2.45) is 5.41 Å². The molecule has 96 valence electrons. The monoisotopic (exact) mass is 283 g/mol. The fourth-order valence-electron chi connectivity index (χ4n) is 3.54. The Hall–Kier alpha value is -0.570. The SMILES string of the molecule is CC(=O)C12CNCCC1(c1ccc(Cl)c(Cl)c1)C2. The summed E-state index contributed by atoms with van der Waals surface area (Å²) in [5.41, 5.74) is 0.925. The van der Waals surface area contributed by atoms with Crippen LogP contribution in [0.25, 0.3) is 0 Å². The number of fused-ring (bicyclic) bond motifs is 1. The number of hydrogen-bond donors (Lipinski definition) is 1. The average Bonchev–Trinajstić information content (AvgIpc) is 3.04. The second-order valence-corrected chi connectivity index (χ2v) is 6.27. The minimum Gasteiger partial charge on any atom is -0.316 e.